The van der Waals surface area contributed by atoms with Crippen molar-refractivity contribution < 1.29 is 0 Å². The molecule has 2 aliphatic heterocycles. The monoisotopic (exact) mass is 384 g/mol. The highest BCUT2D eigenvalue weighted by Crippen LogP contribution is 2.55. The summed E-state index contributed by atoms with van der Waals surface area (Å²) in [4.78, 5) is 0. The number of rotatable bonds is 1. The van der Waals surface area contributed by atoms with Gasteiger partial charge in [0.2, 0.25) is 16.8 Å². The lowest BCUT2D eigenvalue weighted by Crippen LogP contribution is -1.87. The van der Waals surface area contributed by atoms with Gasteiger partial charge in [-0.25, -0.2) is 0 Å². The second kappa shape index (κ2) is 5.71. The van der Waals surface area contributed by atoms with Crippen molar-refractivity contribution in [3.63, 3.8) is 0 Å². The summed E-state index contributed by atoms with van der Waals surface area (Å²) >= 11 is 16.2. The fourth-order valence-electron chi connectivity index (χ4n) is 1.60. The quantitative estimate of drug-likeness (QED) is 0.510. The zero-order chi connectivity index (χ0) is 11.9. The first-order valence-corrected chi connectivity index (χ1v) is 12.6. The second-order valence-corrected chi connectivity index (χ2v) is 13.6. The van der Waals surface area contributed by atoms with Gasteiger partial charge in [-0.3, -0.25) is 0 Å². The molecule has 0 unspecified atom stereocenters. The number of hydrogen-bond donors (Lipinski definition) is 0. The highest BCUT2D eigenvalue weighted by Gasteiger charge is 2.36. The van der Waals surface area contributed by atoms with Crippen LogP contribution in [0.4, 0.5) is 0 Å². The molecule has 0 atom stereocenters. The molecule has 0 amide bonds. The fourth-order valence-corrected chi connectivity index (χ4v) is 13.8. The van der Waals surface area contributed by atoms with Gasteiger partial charge in [-0.15, -0.1) is 0 Å². The maximum atomic E-state index is 2.05. The summed E-state index contributed by atoms with van der Waals surface area (Å²) in [5, 5.41) is 0. The molecular weight excluding hydrogens is 377 g/mol. The number of thioether (sulfide) groups is 4. The first kappa shape index (κ1) is 13.2. The van der Waals surface area contributed by atoms with Gasteiger partial charge in [-0.05, 0) is 0 Å². The molecule has 0 saturated carbocycles. The minimum atomic E-state index is 1.28. The summed E-state index contributed by atoms with van der Waals surface area (Å²) in [5.41, 5.74) is 0. The summed E-state index contributed by atoms with van der Waals surface area (Å²) in [6, 6.07) is 0. The minimum absolute atomic E-state index is 1.28. The zero-order valence-corrected chi connectivity index (χ0v) is 15.6. The Morgan fingerprint density at radius 3 is 1.50 bits per heavy atom. The Labute approximate surface area is 139 Å². The molecule has 0 bridgehead atoms. The van der Waals surface area contributed by atoms with Crippen LogP contribution in [-0.4, -0.2) is 23.0 Å². The van der Waals surface area contributed by atoms with Gasteiger partial charge in [0.1, 0.15) is 45.3 Å². The van der Waals surface area contributed by atoms with Crippen LogP contribution in [0, 0.1) is 0 Å². The van der Waals surface area contributed by atoms with Crippen LogP contribution in [0.3, 0.4) is 0 Å². The molecule has 0 radical (unpaired) electrons. The molecule has 0 aliphatic carbocycles. The van der Waals surface area contributed by atoms with Gasteiger partial charge >= 0.3 is 8.38 Å². The molecule has 0 nitrogen and oxygen atoms in total. The highest BCUT2D eigenvalue weighted by atomic mass is 32.2. The highest BCUT2D eigenvalue weighted by molar-refractivity contribution is 8.09. The van der Waals surface area contributed by atoms with Crippen LogP contribution in [-0.2, 0) is 0 Å². The topological polar surface area (TPSA) is 0 Å². The van der Waals surface area contributed by atoms with Crippen molar-refractivity contribution in [2.45, 2.75) is 16.8 Å². The van der Waals surface area contributed by atoms with Crippen molar-refractivity contribution in [1.82, 2.24) is 0 Å². The van der Waals surface area contributed by atoms with E-state index in [4.69, 9.17) is 0 Å². The van der Waals surface area contributed by atoms with Gasteiger partial charge in [0, 0.05) is 23.0 Å². The van der Waals surface area contributed by atoms with E-state index < -0.39 is 0 Å². The van der Waals surface area contributed by atoms with Crippen LogP contribution in [0.5, 0.6) is 0 Å². The molecule has 2 aromatic rings. The van der Waals surface area contributed by atoms with E-state index in [1.165, 1.54) is 31.4 Å². The average Bonchev–Trinajstić information content (AvgIpc) is 3.02. The van der Waals surface area contributed by atoms with E-state index in [1.54, 1.807) is 16.8 Å². The van der Waals surface area contributed by atoms with Crippen LogP contribution in [0.15, 0.2) is 16.8 Å². The lowest BCUT2D eigenvalue weighted by atomic mass is 10.9. The average molecular weight is 385 g/mol. The molecule has 2 aromatic heterocycles. The second-order valence-electron chi connectivity index (χ2n) is 3.53. The summed E-state index contributed by atoms with van der Waals surface area (Å²) in [6.45, 7) is 0. The van der Waals surface area contributed by atoms with Crippen molar-refractivity contribution in [3.8, 4) is 8.38 Å². The predicted octanol–water partition coefficient (Wildman–Crippen LogP) is 6.56. The molecule has 0 N–H and O–H groups in total. The molecule has 0 aromatic carbocycles. The van der Waals surface area contributed by atoms with Crippen LogP contribution in [0.1, 0.15) is 0 Å². The standard InChI is InChI=1S/C10H8S8/c1-2-12-6-5(11-1)15-9(16-6)10-17-7-8(18-10)14-4-3-13-7/h1-4H2/q+2. The third kappa shape index (κ3) is 2.52. The number of fused-ring (bicyclic) bond motifs is 2. The largest absolute Gasteiger partial charge is 0.353 e. The Morgan fingerprint density at radius 2 is 1.06 bits per heavy atom. The van der Waals surface area contributed by atoms with Crippen molar-refractivity contribution in [2.24, 2.45) is 0 Å². The van der Waals surface area contributed by atoms with Crippen LogP contribution in [0.25, 0.3) is 8.38 Å². The Morgan fingerprint density at radius 1 is 0.611 bits per heavy atom. The van der Waals surface area contributed by atoms with Gasteiger partial charge < -0.3 is 0 Å². The van der Waals surface area contributed by atoms with Gasteiger partial charge in [0.15, 0.2) is 0 Å². The van der Waals surface area contributed by atoms with E-state index in [0.717, 1.165) is 0 Å². The van der Waals surface area contributed by atoms with Gasteiger partial charge in [-0.2, -0.15) is 0 Å². The first-order valence-electron chi connectivity index (χ1n) is 5.35. The molecule has 4 rings (SSSR count). The molecule has 18 heavy (non-hydrogen) atoms. The van der Waals surface area contributed by atoms with Gasteiger partial charge in [0.05, 0.1) is 0 Å². The predicted molar refractivity (Wildman–Crippen MR) is 95.1 cm³/mol. The summed E-state index contributed by atoms with van der Waals surface area (Å²) in [5.74, 6) is 5.11. The van der Waals surface area contributed by atoms with Gasteiger partial charge in [0.25, 0.3) is 0 Å². The van der Waals surface area contributed by atoms with E-state index in [2.05, 4.69) is 0 Å². The molecule has 0 spiro atoms. The Bertz CT molecular complexity index is 483. The Kier molecular flexibility index (Phi) is 4.18. The molecule has 0 saturated heterocycles. The minimum Gasteiger partial charge on any atom is -0.0864 e. The molecule has 4 heterocycles. The fraction of sp³-hybridized carbons (Fsp3) is 0.400. The Balaban J connectivity index is 1.73. The maximum Gasteiger partial charge on any atom is 0.353 e. The van der Waals surface area contributed by atoms with Crippen LogP contribution < -0.4 is 0 Å². The van der Waals surface area contributed by atoms with Crippen molar-refractivity contribution in [3.05, 3.63) is 0 Å². The van der Waals surface area contributed by atoms with Crippen molar-refractivity contribution >= 4 is 92.4 Å². The smallest absolute Gasteiger partial charge is 0.0864 e. The molecule has 2 aliphatic rings. The summed E-state index contributed by atoms with van der Waals surface area (Å²) < 4.78 is 9.31. The normalized spacial score (nSPS) is 18.4. The summed E-state index contributed by atoms with van der Waals surface area (Å²) in [6.07, 6.45) is 0. The zero-order valence-electron chi connectivity index (χ0n) is 9.09. The van der Waals surface area contributed by atoms with E-state index in [9.17, 15) is 0 Å². The van der Waals surface area contributed by atoms with E-state index >= 15 is 0 Å². The van der Waals surface area contributed by atoms with Crippen LogP contribution >= 0.6 is 92.4 Å². The van der Waals surface area contributed by atoms with E-state index in [1.807, 2.05) is 92.4 Å². The lowest BCUT2D eigenvalue weighted by Gasteiger charge is -2.00. The SMILES string of the molecule is C1CSc2[s+]c(-c3sc4c([s+]3)SCCS4)sc2S1. The third-order valence-corrected chi connectivity index (χ3v) is 14.4. The third-order valence-electron chi connectivity index (χ3n) is 2.34. The van der Waals surface area contributed by atoms with E-state index in [0.29, 0.717) is 0 Å². The molecule has 0 fully saturated rings. The molecule has 8 heteroatoms. The first-order chi connectivity index (χ1) is 8.90. The molecule has 94 valence electrons. The number of hydrogen-bond acceptors (Lipinski definition) is 6. The van der Waals surface area contributed by atoms with Crippen molar-refractivity contribution in [2.75, 3.05) is 23.0 Å². The summed E-state index contributed by atoms with van der Waals surface area (Å²) in [7, 11) is 0. The Hall–Kier alpha value is 1.50. The molecular formula is C10H8S8+2. The van der Waals surface area contributed by atoms with Crippen molar-refractivity contribution in [1.29, 1.82) is 0 Å². The van der Waals surface area contributed by atoms with E-state index in [-0.39, 0.29) is 0 Å². The van der Waals surface area contributed by atoms with Gasteiger partial charge in [-0.1, -0.05) is 47.0 Å². The lowest BCUT2D eigenvalue weighted by molar-refractivity contribution is 1.42. The maximum absolute atomic E-state index is 2.05. The van der Waals surface area contributed by atoms with Crippen LogP contribution in [0.2, 0.25) is 0 Å².